The number of methoxy groups -OCH3 is 1. The molecule has 0 radical (unpaired) electrons. The number of ether oxygens (including phenoxy) is 1. The van der Waals surface area contributed by atoms with Crippen LogP contribution in [0.1, 0.15) is 12.0 Å². The summed E-state index contributed by atoms with van der Waals surface area (Å²) in [6.45, 7) is 5.07. The molecule has 1 amide bonds. The van der Waals surface area contributed by atoms with Crippen LogP contribution in [0, 0.1) is 17.7 Å². The Labute approximate surface area is 202 Å². The SMILES string of the molecule is C=CC(=O)Nc1cc2c(Nc3cccc(Cl)c3F)ncnc2cc1C#C[C@]1(OC)CCN(C)C1. The first-order valence-electron chi connectivity index (χ1n) is 10.5. The third-order valence-corrected chi connectivity index (χ3v) is 5.95. The maximum atomic E-state index is 14.5. The number of hydrogen-bond acceptors (Lipinski definition) is 6. The van der Waals surface area contributed by atoms with Crippen LogP contribution in [-0.4, -0.2) is 53.6 Å². The highest BCUT2D eigenvalue weighted by Crippen LogP contribution is 2.31. The lowest BCUT2D eigenvalue weighted by Crippen LogP contribution is -2.32. The second-order valence-corrected chi connectivity index (χ2v) is 8.40. The van der Waals surface area contributed by atoms with Crippen molar-refractivity contribution in [2.24, 2.45) is 0 Å². The molecular weight excluding hydrogens is 457 g/mol. The molecule has 2 aromatic carbocycles. The quantitative estimate of drug-likeness (QED) is 0.418. The van der Waals surface area contributed by atoms with Gasteiger partial charge in [0, 0.05) is 32.0 Å². The topological polar surface area (TPSA) is 79.4 Å². The molecule has 0 unspecified atom stereocenters. The zero-order valence-corrected chi connectivity index (χ0v) is 19.5. The summed E-state index contributed by atoms with van der Waals surface area (Å²) in [7, 11) is 3.66. The lowest BCUT2D eigenvalue weighted by atomic mass is 10.0. The average Bonchev–Trinajstić information content (AvgIpc) is 3.22. The third-order valence-electron chi connectivity index (χ3n) is 5.66. The van der Waals surface area contributed by atoms with Gasteiger partial charge in [-0.25, -0.2) is 14.4 Å². The maximum Gasteiger partial charge on any atom is 0.247 e. The van der Waals surface area contributed by atoms with Crippen LogP contribution in [0.3, 0.4) is 0 Å². The van der Waals surface area contributed by atoms with E-state index < -0.39 is 17.3 Å². The number of hydrogen-bond donors (Lipinski definition) is 2. The van der Waals surface area contributed by atoms with Crippen LogP contribution in [0.15, 0.2) is 49.3 Å². The fourth-order valence-corrected chi connectivity index (χ4v) is 3.96. The van der Waals surface area contributed by atoms with Gasteiger partial charge in [0.15, 0.2) is 5.82 Å². The minimum absolute atomic E-state index is 0.00973. The van der Waals surface area contributed by atoms with Gasteiger partial charge in [-0.15, -0.1) is 0 Å². The van der Waals surface area contributed by atoms with Crippen LogP contribution >= 0.6 is 11.6 Å². The Kier molecular flexibility index (Phi) is 6.80. The number of likely N-dealkylation sites (tertiary alicyclic amines) is 1. The molecular formula is C25H23ClFN5O2. The molecule has 1 aromatic heterocycles. The van der Waals surface area contributed by atoms with Crippen molar-refractivity contribution in [1.29, 1.82) is 0 Å². The van der Waals surface area contributed by atoms with Crippen molar-refractivity contribution in [1.82, 2.24) is 14.9 Å². The van der Waals surface area contributed by atoms with Crippen molar-refractivity contribution in [3.05, 3.63) is 65.7 Å². The second-order valence-electron chi connectivity index (χ2n) is 7.99. The summed E-state index contributed by atoms with van der Waals surface area (Å²) >= 11 is 5.91. The molecule has 0 aliphatic carbocycles. The Morgan fingerprint density at radius 1 is 1.35 bits per heavy atom. The second kappa shape index (κ2) is 9.77. The summed E-state index contributed by atoms with van der Waals surface area (Å²) in [6.07, 6.45) is 3.32. The molecule has 1 aliphatic heterocycles. The molecule has 2 N–H and O–H groups in total. The number of aromatic nitrogens is 2. The monoisotopic (exact) mass is 479 g/mol. The molecule has 9 heteroatoms. The largest absolute Gasteiger partial charge is 0.364 e. The molecule has 3 aromatic rings. The van der Waals surface area contributed by atoms with Gasteiger partial charge in [-0.3, -0.25) is 4.79 Å². The molecule has 0 bridgehead atoms. The summed E-state index contributed by atoms with van der Waals surface area (Å²) in [4.78, 5) is 22.9. The molecule has 0 saturated carbocycles. The van der Waals surface area contributed by atoms with E-state index in [4.69, 9.17) is 16.3 Å². The number of nitrogens with zero attached hydrogens (tertiary/aromatic N) is 3. The summed E-state index contributed by atoms with van der Waals surface area (Å²) in [5, 5.41) is 6.31. The third kappa shape index (κ3) is 4.87. The van der Waals surface area contributed by atoms with Crippen LogP contribution in [-0.2, 0) is 9.53 Å². The Morgan fingerprint density at radius 3 is 2.88 bits per heavy atom. The number of carbonyl (C=O) groups is 1. The Morgan fingerprint density at radius 2 is 2.18 bits per heavy atom. The number of amides is 1. The highest BCUT2D eigenvalue weighted by molar-refractivity contribution is 6.31. The molecule has 1 aliphatic rings. The number of fused-ring (bicyclic) bond motifs is 1. The lowest BCUT2D eigenvalue weighted by Gasteiger charge is -2.20. The summed E-state index contributed by atoms with van der Waals surface area (Å²) in [6, 6.07) is 8.10. The molecule has 0 spiro atoms. The van der Waals surface area contributed by atoms with Crippen molar-refractivity contribution >= 4 is 45.6 Å². The van der Waals surface area contributed by atoms with E-state index in [1.165, 1.54) is 18.5 Å². The van der Waals surface area contributed by atoms with Gasteiger partial charge >= 0.3 is 0 Å². The molecule has 174 valence electrons. The summed E-state index contributed by atoms with van der Waals surface area (Å²) in [5.41, 5.74) is 1.15. The van der Waals surface area contributed by atoms with Gasteiger partial charge < -0.3 is 20.3 Å². The van der Waals surface area contributed by atoms with Crippen molar-refractivity contribution in [3.63, 3.8) is 0 Å². The van der Waals surface area contributed by atoms with Gasteiger partial charge in [-0.05, 0) is 37.4 Å². The minimum atomic E-state index is -0.593. The van der Waals surface area contributed by atoms with E-state index in [0.29, 0.717) is 34.5 Å². The number of halogens is 2. The first-order chi connectivity index (χ1) is 16.3. The average molecular weight is 480 g/mol. The van der Waals surface area contributed by atoms with Crippen molar-refractivity contribution < 1.29 is 13.9 Å². The van der Waals surface area contributed by atoms with Crippen molar-refractivity contribution in [3.8, 4) is 11.8 Å². The van der Waals surface area contributed by atoms with E-state index in [-0.39, 0.29) is 10.7 Å². The molecule has 1 fully saturated rings. The highest BCUT2D eigenvalue weighted by Gasteiger charge is 2.35. The summed E-state index contributed by atoms with van der Waals surface area (Å²) in [5.74, 6) is 5.78. The fourth-order valence-electron chi connectivity index (χ4n) is 3.79. The zero-order valence-electron chi connectivity index (χ0n) is 18.8. The standard InChI is InChI=1S/C25H23ClFN5O2/c1-4-22(33)30-20-13-17-21(12-16(20)8-9-25(34-3)10-11-32(2)14-25)28-15-29-24(17)31-19-7-5-6-18(26)23(19)27/h4-7,12-13,15H,1,10-11,14H2,2-3H3,(H,30,33)(H,28,29,31)/t25-/m0/s1. The molecule has 1 atom stereocenters. The fraction of sp³-hybridized carbons (Fsp3) is 0.240. The van der Waals surface area contributed by atoms with Gasteiger partial charge in [0.05, 0.1) is 27.5 Å². The van der Waals surface area contributed by atoms with Gasteiger partial charge in [0.25, 0.3) is 0 Å². The summed E-state index contributed by atoms with van der Waals surface area (Å²) < 4.78 is 20.2. The van der Waals surface area contributed by atoms with E-state index in [0.717, 1.165) is 13.0 Å². The van der Waals surface area contributed by atoms with E-state index in [1.54, 1.807) is 31.4 Å². The Hall–Kier alpha value is -3.51. The zero-order chi connectivity index (χ0) is 24.3. The van der Waals surface area contributed by atoms with Crippen LogP contribution in [0.5, 0.6) is 0 Å². The predicted molar refractivity (Wildman–Crippen MR) is 132 cm³/mol. The van der Waals surface area contributed by atoms with Crippen LogP contribution < -0.4 is 10.6 Å². The van der Waals surface area contributed by atoms with E-state index in [1.807, 2.05) is 7.05 Å². The van der Waals surface area contributed by atoms with E-state index in [9.17, 15) is 9.18 Å². The maximum absolute atomic E-state index is 14.5. The Bertz CT molecular complexity index is 1340. The van der Waals surface area contributed by atoms with Crippen LogP contribution in [0.2, 0.25) is 5.02 Å². The van der Waals surface area contributed by atoms with Gasteiger partial charge in [-0.2, -0.15) is 0 Å². The van der Waals surface area contributed by atoms with Gasteiger partial charge in [0.1, 0.15) is 17.7 Å². The molecule has 1 saturated heterocycles. The van der Waals surface area contributed by atoms with Crippen LogP contribution in [0.4, 0.5) is 21.6 Å². The predicted octanol–water partition coefficient (Wildman–Crippen LogP) is 4.36. The minimum Gasteiger partial charge on any atom is -0.364 e. The van der Waals surface area contributed by atoms with Gasteiger partial charge in [-0.1, -0.05) is 36.1 Å². The number of rotatable bonds is 5. The normalized spacial score (nSPS) is 17.8. The van der Waals surface area contributed by atoms with E-state index >= 15 is 0 Å². The number of benzene rings is 2. The number of anilines is 3. The van der Waals surface area contributed by atoms with Gasteiger partial charge in [0.2, 0.25) is 5.91 Å². The highest BCUT2D eigenvalue weighted by atomic mass is 35.5. The van der Waals surface area contributed by atoms with E-state index in [2.05, 4.69) is 43.9 Å². The number of likely N-dealkylation sites (N-methyl/N-ethyl adjacent to an activating group) is 1. The molecule has 4 rings (SSSR count). The first-order valence-corrected chi connectivity index (χ1v) is 10.9. The lowest BCUT2D eigenvalue weighted by molar-refractivity contribution is -0.111. The van der Waals surface area contributed by atoms with Crippen LogP contribution in [0.25, 0.3) is 10.9 Å². The Balaban J connectivity index is 1.80. The number of carbonyl (C=O) groups excluding carboxylic acids is 1. The van der Waals surface area contributed by atoms with Crippen molar-refractivity contribution in [2.45, 2.75) is 12.0 Å². The molecule has 2 heterocycles. The van der Waals surface area contributed by atoms with Crippen molar-refractivity contribution in [2.75, 3.05) is 37.9 Å². The first kappa shape index (κ1) is 23.6. The smallest absolute Gasteiger partial charge is 0.247 e. The number of nitrogens with one attached hydrogen (secondary N) is 2. The molecule has 7 nitrogen and oxygen atoms in total. The molecule has 34 heavy (non-hydrogen) atoms.